The number of aliphatic carboxylic acids is 1. The summed E-state index contributed by atoms with van der Waals surface area (Å²) in [5.41, 5.74) is 3.19. The highest BCUT2D eigenvalue weighted by atomic mass is 19.4. The number of benzene rings is 2. The van der Waals surface area contributed by atoms with Gasteiger partial charge in [0.25, 0.3) is 0 Å². The van der Waals surface area contributed by atoms with E-state index < -0.39 is 12.1 Å². The topological polar surface area (TPSA) is 67.2 Å². The van der Waals surface area contributed by atoms with Crippen molar-refractivity contribution in [1.82, 2.24) is 15.1 Å². The molecule has 154 valence electrons. The predicted molar refractivity (Wildman–Crippen MR) is 95.4 cm³/mol. The van der Waals surface area contributed by atoms with Gasteiger partial charge in [-0.25, -0.2) is 18.3 Å². The molecular formula is C19H16F5N3O2. The van der Waals surface area contributed by atoms with Crippen molar-refractivity contribution in [1.29, 1.82) is 0 Å². The van der Waals surface area contributed by atoms with Gasteiger partial charge in [-0.05, 0) is 60.6 Å². The minimum Gasteiger partial charge on any atom is -0.475 e. The van der Waals surface area contributed by atoms with E-state index in [1.165, 1.54) is 24.3 Å². The summed E-state index contributed by atoms with van der Waals surface area (Å²) in [4.78, 5) is 8.90. The zero-order valence-corrected chi connectivity index (χ0v) is 15.0. The third-order valence-corrected chi connectivity index (χ3v) is 3.59. The molecule has 5 nitrogen and oxygen atoms in total. The van der Waals surface area contributed by atoms with Gasteiger partial charge in [0.2, 0.25) is 0 Å². The number of nitrogens with zero attached hydrogens (tertiary/aromatic N) is 2. The van der Waals surface area contributed by atoms with Crippen molar-refractivity contribution in [2.45, 2.75) is 12.7 Å². The Morgan fingerprint density at radius 1 is 1.07 bits per heavy atom. The van der Waals surface area contributed by atoms with Crippen LogP contribution >= 0.6 is 0 Å². The Balaban J connectivity index is 0.000000370. The molecule has 29 heavy (non-hydrogen) atoms. The summed E-state index contributed by atoms with van der Waals surface area (Å²) in [6, 6.07) is 10.9. The van der Waals surface area contributed by atoms with Gasteiger partial charge in [-0.2, -0.15) is 18.3 Å². The molecule has 0 aliphatic heterocycles. The normalized spacial score (nSPS) is 11.0. The van der Waals surface area contributed by atoms with Crippen molar-refractivity contribution in [2.24, 2.45) is 0 Å². The molecule has 0 unspecified atom stereocenters. The number of carbonyl (C=O) groups is 1. The van der Waals surface area contributed by atoms with Gasteiger partial charge >= 0.3 is 12.1 Å². The maximum atomic E-state index is 13.7. The largest absolute Gasteiger partial charge is 0.490 e. The molecule has 3 aromatic rings. The van der Waals surface area contributed by atoms with Crippen LogP contribution in [0.25, 0.3) is 16.8 Å². The molecular weight excluding hydrogens is 397 g/mol. The first-order chi connectivity index (χ1) is 13.6. The number of nitrogens with one attached hydrogen (secondary N) is 1. The highest BCUT2D eigenvalue weighted by Crippen LogP contribution is 2.23. The predicted octanol–water partition coefficient (Wildman–Crippen LogP) is 4.17. The maximum Gasteiger partial charge on any atom is 0.490 e. The molecule has 0 aliphatic carbocycles. The lowest BCUT2D eigenvalue weighted by Crippen LogP contribution is -2.21. The molecule has 0 fully saturated rings. The van der Waals surface area contributed by atoms with E-state index in [2.05, 4.69) is 10.4 Å². The van der Waals surface area contributed by atoms with Crippen LogP contribution in [0.1, 0.15) is 5.56 Å². The van der Waals surface area contributed by atoms with Crippen LogP contribution < -0.4 is 5.32 Å². The van der Waals surface area contributed by atoms with E-state index in [0.29, 0.717) is 6.54 Å². The quantitative estimate of drug-likeness (QED) is 0.630. The van der Waals surface area contributed by atoms with E-state index >= 15 is 0 Å². The average Bonchev–Trinajstić information content (AvgIpc) is 3.12. The summed E-state index contributed by atoms with van der Waals surface area (Å²) >= 11 is 0. The lowest BCUT2D eigenvalue weighted by atomic mass is 10.1. The number of halogens is 5. The average molecular weight is 413 g/mol. The molecule has 2 aromatic carbocycles. The lowest BCUT2D eigenvalue weighted by Gasteiger charge is -2.04. The van der Waals surface area contributed by atoms with Crippen LogP contribution in [0.3, 0.4) is 0 Å². The number of hydrogen-bond acceptors (Lipinski definition) is 3. The summed E-state index contributed by atoms with van der Waals surface area (Å²) < 4.78 is 60.0. The smallest absolute Gasteiger partial charge is 0.475 e. The van der Waals surface area contributed by atoms with E-state index in [-0.39, 0.29) is 11.6 Å². The summed E-state index contributed by atoms with van der Waals surface area (Å²) in [7, 11) is 1.82. The van der Waals surface area contributed by atoms with Crippen molar-refractivity contribution in [2.75, 3.05) is 7.05 Å². The van der Waals surface area contributed by atoms with E-state index in [1.807, 2.05) is 13.1 Å². The molecule has 1 aromatic heterocycles. The Hall–Kier alpha value is -3.27. The fourth-order valence-corrected chi connectivity index (χ4v) is 2.33. The SMILES string of the molecule is CNCc1cc(F)cc(-c2cnn(-c3ccc(F)cc3)c2)c1.O=C(O)C(F)(F)F. The third-order valence-electron chi connectivity index (χ3n) is 3.59. The van der Waals surface area contributed by atoms with Gasteiger partial charge in [-0.15, -0.1) is 0 Å². The highest BCUT2D eigenvalue weighted by molar-refractivity contribution is 5.73. The molecule has 0 radical (unpaired) electrons. The van der Waals surface area contributed by atoms with Gasteiger partial charge in [0.15, 0.2) is 0 Å². The minimum atomic E-state index is -5.08. The van der Waals surface area contributed by atoms with Gasteiger partial charge < -0.3 is 10.4 Å². The first kappa shape index (κ1) is 22.0. The number of rotatable bonds is 4. The van der Waals surface area contributed by atoms with Crippen molar-refractivity contribution >= 4 is 5.97 Å². The second kappa shape index (κ2) is 9.28. The summed E-state index contributed by atoms with van der Waals surface area (Å²) in [5.74, 6) is -3.33. The fraction of sp³-hybridized carbons (Fsp3) is 0.158. The molecule has 0 atom stereocenters. The number of alkyl halides is 3. The van der Waals surface area contributed by atoms with Crippen LogP contribution in [0.2, 0.25) is 0 Å². The van der Waals surface area contributed by atoms with Crippen LogP contribution in [0.4, 0.5) is 22.0 Å². The van der Waals surface area contributed by atoms with Gasteiger partial charge in [0, 0.05) is 18.3 Å². The van der Waals surface area contributed by atoms with E-state index in [4.69, 9.17) is 9.90 Å². The molecule has 10 heteroatoms. The molecule has 0 saturated carbocycles. The van der Waals surface area contributed by atoms with Crippen LogP contribution in [0.5, 0.6) is 0 Å². The molecule has 0 spiro atoms. The number of carboxylic acids is 1. The summed E-state index contributed by atoms with van der Waals surface area (Å²) in [5, 5.41) is 14.4. The molecule has 0 saturated heterocycles. The molecule has 0 aliphatic rings. The van der Waals surface area contributed by atoms with Gasteiger partial charge in [-0.3, -0.25) is 0 Å². The molecule has 0 amide bonds. The summed E-state index contributed by atoms with van der Waals surface area (Å²) in [6.07, 6.45) is -1.62. The van der Waals surface area contributed by atoms with Crippen molar-refractivity contribution in [3.8, 4) is 16.8 Å². The van der Waals surface area contributed by atoms with Crippen LogP contribution in [-0.2, 0) is 11.3 Å². The van der Waals surface area contributed by atoms with Crippen LogP contribution in [0.15, 0.2) is 54.9 Å². The molecule has 3 rings (SSSR count). The number of aromatic nitrogens is 2. The Morgan fingerprint density at radius 3 is 2.24 bits per heavy atom. The third kappa shape index (κ3) is 6.39. The summed E-state index contributed by atoms with van der Waals surface area (Å²) in [6.45, 7) is 0.594. The van der Waals surface area contributed by atoms with Crippen LogP contribution in [0, 0.1) is 11.6 Å². The maximum absolute atomic E-state index is 13.7. The zero-order chi connectivity index (χ0) is 21.6. The second-order valence-electron chi connectivity index (χ2n) is 5.83. The van der Waals surface area contributed by atoms with E-state index in [9.17, 15) is 22.0 Å². The highest BCUT2D eigenvalue weighted by Gasteiger charge is 2.38. The Bertz CT molecular complexity index is 969. The Labute approximate surface area is 162 Å². The minimum absolute atomic E-state index is 0.280. The number of carboxylic acid groups (broad SMARTS) is 1. The fourth-order valence-electron chi connectivity index (χ4n) is 2.33. The van der Waals surface area contributed by atoms with Crippen molar-refractivity contribution in [3.63, 3.8) is 0 Å². The van der Waals surface area contributed by atoms with Gasteiger partial charge in [0.05, 0.1) is 11.9 Å². The van der Waals surface area contributed by atoms with Gasteiger partial charge in [0.1, 0.15) is 11.6 Å². The molecule has 2 N–H and O–H groups in total. The van der Waals surface area contributed by atoms with E-state index in [0.717, 1.165) is 22.4 Å². The van der Waals surface area contributed by atoms with E-state index in [1.54, 1.807) is 29.2 Å². The standard InChI is InChI=1S/C17H15F2N3.C2HF3O2/c1-20-9-12-6-13(8-16(19)7-12)14-10-21-22(11-14)17-4-2-15(18)3-5-17;3-2(4,5)1(6)7/h2-8,10-11,20H,9H2,1H3;(H,6,7). The Kier molecular flexibility index (Phi) is 7.05. The number of hydrogen-bond donors (Lipinski definition) is 2. The van der Waals surface area contributed by atoms with Crippen molar-refractivity contribution < 1.29 is 31.9 Å². The molecule has 1 heterocycles. The first-order valence-electron chi connectivity index (χ1n) is 8.15. The van der Waals surface area contributed by atoms with Gasteiger partial charge in [-0.1, -0.05) is 0 Å². The molecule has 0 bridgehead atoms. The monoisotopic (exact) mass is 413 g/mol. The van der Waals surface area contributed by atoms with Crippen molar-refractivity contribution in [3.05, 3.63) is 72.1 Å². The first-order valence-corrected chi connectivity index (χ1v) is 8.15. The van der Waals surface area contributed by atoms with Crippen LogP contribution in [-0.4, -0.2) is 34.1 Å². The Morgan fingerprint density at radius 2 is 1.69 bits per heavy atom. The lowest BCUT2D eigenvalue weighted by molar-refractivity contribution is -0.192. The second-order valence-corrected chi connectivity index (χ2v) is 5.83. The zero-order valence-electron chi connectivity index (χ0n) is 15.0.